The Morgan fingerprint density at radius 3 is 2.47 bits per heavy atom. The van der Waals surface area contributed by atoms with Crippen molar-refractivity contribution in [3.8, 4) is 0 Å². The van der Waals surface area contributed by atoms with E-state index in [-0.39, 0.29) is 0 Å². The van der Waals surface area contributed by atoms with Crippen LogP contribution >= 0.6 is 0 Å². The van der Waals surface area contributed by atoms with Crippen LogP contribution in [0.5, 0.6) is 0 Å². The van der Waals surface area contributed by atoms with Crippen molar-refractivity contribution in [3.63, 3.8) is 0 Å². The van der Waals surface area contributed by atoms with E-state index in [0.717, 1.165) is 19.6 Å². The molecule has 0 radical (unpaired) electrons. The molecule has 1 aliphatic heterocycles. The monoisotopic (exact) mass is 261 g/mol. The molecule has 1 aliphatic rings. The standard InChI is InChI=1S/C16H27N3/c1-14(2)17-13-15-5-7-16(8-6-15)19-10-4-9-18(3)11-12-19/h5-8,14,17H,4,9-13H2,1-3H3. The minimum atomic E-state index is 0.542. The van der Waals surface area contributed by atoms with Gasteiger partial charge in [-0.15, -0.1) is 0 Å². The fraction of sp³-hybridized carbons (Fsp3) is 0.625. The third-order valence-corrected chi connectivity index (χ3v) is 3.74. The highest BCUT2D eigenvalue weighted by atomic mass is 15.2. The van der Waals surface area contributed by atoms with Crippen LogP contribution in [0.15, 0.2) is 24.3 Å². The zero-order valence-corrected chi connectivity index (χ0v) is 12.5. The average molecular weight is 261 g/mol. The topological polar surface area (TPSA) is 18.5 Å². The van der Waals surface area contributed by atoms with Crippen molar-refractivity contribution in [2.75, 3.05) is 38.1 Å². The van der Waals surface area contributed by atoms with Gasteiger partial charge in [-0.3, -0.25) is 0 Å². The minimum absolute atomic E-state index is 0.542. The van der Waals surface area contributed by atoms with Gasteiger partial charge in [0.25, 0.3) is 0 Å². The van der Waals surface area contributed by atoms with Crippen molar-refractivity contribution in [1.82, 2.24) is 10.2 Å². The molecule has 1 saturated heterocycles. The lowest BCUT2D eigenvalue weighted by atomic mass is 10.2. The molecule has 0 aliphatic carbocycles. The van der Waals surface area contributed by atoms with E-state index < -0.39 is 0 Å². The predicted octanol–water partition coefficient (Wildman–Crippen LogP) is 2.33. The highest BCUT2D eigenvalue weighted by Crippen LogP contribution is 2.17. The van der Waals surface area contributed by atoms with Gasteiger partial charge in [-0.2, -0.15) is 0 Å². The number of benzene rings is 1. The number of rotatable bonds is 4. The summed E-state index contributed by atoms with van der Waals surface area (Å²) in [5.74, 6) is 0. The Kier molecular flexibility index (Phi) is 5.23. The van der Waals surface area contributed by atoms with Crippen LogP contribution in [0.1, 0.15) is 25.8 Å². The Balaban J connectivity index is 1.93. The number of nitrogens with zero attached hydrogens (tertiary/aromatic N) is 2. The van der Waals surface area contributed by atoms with Crippen molar-refractivity contribution in [2.24, 2.45) is 0 Å². The van der Waals surface area contributed by atoms with Gasteiger partial charge in [0.05, 0.1) is 0 Å². The maximum Gasteiger partial charge on any atom is 0.0366 e. The molecule has 106 valence electrons. The van der Waals surface area contributed by atoms with Crippen molar-refractivity contribution in [3.05, 3.63) is 29.8 Å². The third kappa shape index (κ3) is 4.51. The van der Waals surface area contributed by atoms with Crippen LogP contribution in [-0.2, 0) is 6.54 Å². The molecule has 19 heavy (non-hydrogen) atoms. The van der Waals surface area contributed by atoms with Gasteiger partial charge in [0, 0.05) is 37.9 Å². The molecule has 1 heterocycles. The molecule has 3 heteroatoms. The lowest BCUT2D eigenvalue weighted by Gasteiger charge is -2.23. The number of nitrogens with one attached hydrogen (secondary N) is 1. The van der Waals surface area contributed by atoms with Gasteiger partial charge >= 0.3 is 0 Å². The molecule has 0 spiro atoms. The summed E-state index contributed by atoms with van der Waals surface area (Å²) in [6.45, 7) is 10.0. The summed E-state index contributed by atoms with van der Waals surface area (Å²) < 4.78 is 0. The molecule has 3 nitrogen and oxygen atoms in total. The fourth-order valence-electron chi connectivity index (χ4n) is 2.45. The summed E-state index contributed by atoms with van der Waals surface area (Å²) in [5.41, 5.74) is 2.73. The van der Waals surface area contributed by atoms with Crippen molar-refractivity contribution in [2.45, 2.75) is 32.9 Å². The maximum absolute atomic E-state index is 3.46. The van der Waals surface area contributed by atoms with Gasteiger partial charge in [-0.1, -0.05) is 26.0 Å². The van der Waals surface area contributed by atoms with E-state index in [4.69, 9.17) is 0 Å². The van der Waals surface area contributed by atoms with E-state index in [0.29, 0.717) is 6.04 Å². The van der Waals surface area contributed by atoms with Crippen LogP contribution in [0.3, 0.4) is 0 Å². The summed E-state index contributed by atoms with van der Waals surface area (Å²) in [6, 6.07) is 9.57. The summed E-state index contributed by atoms with van der Waals surface area (Å²) in [6.07, 6.45) is 1.26. The SMILES string of the molecule is CC(C)NCc1ccc(N2CCCN(C)CC2)cc1. The summed E-state index contributed by atoms with van der Waals surface area (Å²) in [7, 11) is 2.21. The van der Waals surface area contributed by atoms with Crippen LogP contribution < -0.4 is 10.2 Å². The number of hydrogen-bond acceptors (Lipinski definition) is 3. The van der Waals surface area contributed by atoms with Crippen LogP contribution in [0.25, 0.3) is 0 Å². The van der Waals surface area contributed by atoms with E-state index in [1.807, 2.05) is 0 Å². The first-order valence-corrected chi connectivity index (χ1v) is 7.41. The smallest absolute Gasteiger partial charge is 0.0366 e. The largest absolute Gasteiger partial charge is 0.370 e. The lowest BCUT2D eigenvalue weighted by molar-refractivity contribution is 0.360. The maximum atomic E-state index is 3.46. The quantitative estimate of drug-likeness (QED) is 0.897. The average Bonchev–Trinajstić information content (AvgIpc) is 2.62. The van der Waals surface area contributed by atoms with Crippen LogP contribution in [-0.4, -0.2) is 44.2 Å². The Morgan fingerprint density at radius 2 is 1.79 bits per heavy atom. The van der Waals surface area contributed by atoms with Crippen molar-refractivity contribution in [1.29, 1.82) is 0 Å². The summed E-state index contributed by atoms with van der Waals surface area (Å²) >= 11 is 0. The van der Waals surface area contributed by atoms with Crippen molar-refractivity contribution < 1.29 is 0 Å². The molecule has 0 aromatic heterocycles. The molecule has 0 unspecified atom stereocenters. The van der Waals surface area contributed by atoms with E-state index in [2.05, 4.69) is 60.3 Å². The molecule has 0 saturated carbocycles. The first-order chi connectivity index (χ1) is 9.15. The van der Waals surface area contributed by atoms with E-state index in [9.17, 15) is 0 Å². The molecule has 1 N–H and O–H groups in total. The van der Waals surface area contributed by atoms with Gasteiger partial charge in [-0.05, 0) is 37.7 Å². The number of hydrogen-bond donors (Lipinski definition) is 1. The zero-order chi connectivity index (χ0) is 13.7. The van der Waals surface area contributed by atoms with E-state index in [1.165, 1.54) is 30.8 Å². The van der Waals surface area contributed by atoms with Crippen LogP contribution in [0.2, 0.25) is 0 Å². The van der Waals surface area contributed by atoms with Crippen molar-refractivity contribution >= 4 is 5.69 Å². The van der Waals surface area contributed by atoms with E-state index in [1.54, 1.807) is 0 Å². The third-order valence-electron chi connectivity index (χ3n) is 3.74. The summed E-state index contributed by atoms with van der Waals surface area (Å²) in [5, 5.41) is 3.46. The Morgan fingerprint density at radius 1 is 1.05 bits per heavy atom. The molecular formula is C16H27N3. The highest BCUT2D eigenvalue weighted by Gasteiger charge is 2.12. The molecule has 1 aromatic carbocycles. The first kappa shape index (κ1) is 14.4. The second-order valence-electron chi connectivity index (χ2n) is 5.85. The molecule has 0 atom stereocenters. The predicted molar refractivity (Wildman–Crippen MR) is 82.7 cm³/mol. The Hall–Kier alpha value is -1.06. The van der Waals surface area contributed by atoms with Crippen LogP contribution in [0.4, 0.5) is 5.69 Å². The number of likely N-dealkylation sites (N-methyl/N-ethyl adjacent to an activating group) is 1. The van der Waals surface area contributed by atoms with Gasteiger partial charge in [0.2, 0.25) is 0 Å². The molecule has 1 fully saturated rings. The molecule has 0 amide bonds. The fourth-order valence-corrected chi connectivity index (χ4v) is 2.45. The lowest BCUT2D eigenvalue weighted by Crippen LogP contribution is -2.28. The van der Waals surface area contributed by atoms with Gasteiger partial charge in [-0.25, -0.2) is 0 Å². The number of anilines is 1. The molecular weight excluding hydrogens is 234 g/mol. The second-order valence-corrected chi connectivity index (χ2v) is 5.85. The highest BCUT2D eigenvalue weighted by molar-refractivity contribution is 5.47. The molecule has 0 bridgehead atoms. The van der Waals surface area contributed by atoms with Crippen LogP contribution in [0, 0.1) is 0 Å². The zero-order valence-electron chi connectivity index (χ0n) is 12.5. The van der Waals surface area contributed by atoms with Gasteiger partial charge < -0.3 is 15.1 Å². The minimum Gasteiger partial charge on any atom is -0.370 e. The first-order valence-electron chi connectivity index (χ1n) is 7.41. The second kappa shape index (κ2) is 6.92. The Bertz CT molecular complexity index is 372. The van der Waals surface area contributed by atoms with Gasteiger partial charge in [0.15, 0.2) is 0 Å². The summed E-state index contributed by atoms with van der Waals surface area (Å²) in [4.78, 5) is 4.92. The molecule has 1 aromatic rings. The normalized spacial score (nSPS) is 17.8. The van der Waals surface area contributed by atoms with E-state index >= 15 is 0 Å². The van der Waals surface area contributed by atoms with Gasteiger partial charge in [0.1, 0.15) is 0 Å². The molecule has 2 rings (SSSR count). The Labute approximate surface area is 117 Å².